The molecule has 0 radical (unpaired) electrons. The average Bonchev–Trinajstić information content (AvgIpc) is 3.01. The van der Waals surface area contributed by atoms with E-state index in [9.17, 15) is 19.8 Å². The molecule has 0 bridgehead atoms. The van der Waals surface area contributed by atoms with Crippen LogP contribution in [-0.2, 0) is 14.3 Å². The molecule has 1 amide bonds. The van der Waals surface area contributed by atoms with Gasteiger partial charge >= 0.3 is 0 Å². The van der Waals surface area contributed by atoms with Gasteiger partial charge in [0.2, 0.25) is 0 Å². The molecule has 1 aliphatic heterocycles. The molecular weight excluding hydrogens is 422 g/mol. The molecule has 1 atom stereocenters. The maximum atomic E-state index is 12.9. The van der Waals surface area contributed by atoms with E-state index in [1.807, 2.05) is 0 Å². The number of amides is 1. The van der Waals surface area contributed by atoms with E-state index in [2.05, 4.69) is 0 Å². The summed E-state index contributed by atoms with van der Waals surface area (Å²) in [4.78, 5) is 27.2. The van der Waals surface area contributed by atoms with Gasteiger partial charge in [-0.1, -0.05) is 17.7 Å². The Morgan fingerprint density at radius 3 is 2.52 bits per heavy atom. The molecule has 7 nitrogen and oxygen atoms in total. The van der Waals surface area contributed by atoms with E-state index >= 15 is 0 Å². The summed E-state index contributed by atoms with van der Waals surface area (Å²) >= 11 is 5.93. The van der Waals surface area contributed by atoms with E-state index < -0.39 is 17.7 Å². The fraction of sp³-hybridized carbons (Fsp3) is 0.304. The number of rotatable bonds is 8. The highest BCUT2D eigenvalue weighted by atomic mass is 35.5. The maximum Gasteiger partial charge on any atom is 0.295 e. The van der Waals surface area contributed by atoms with Crippen molar-refractivity contribution in [2.24, 2.45) is 0 Å². The molecule has 0 saturated carbocycles. The number of aromatic hydroxyl groups is 1. The molecule has 3 rings (SSSR count). The zero-order valence-corrected chi connectivity index (χ0v) is 18.1. The summed E-state index contributed by atoms with van der Waals surface area (Å²) in [5.74, 6) is -1.60. The Morgan fingerprint density at radius 2 is 1.87 bits per heavy atom. The molecule has 2 aromatic rings. The predicted octanol–water partition coefficient (Wildman–Crippen LogP) is 3.90. The van der Waals surface area contributed by atoms with Gasteiger partial charge in [-0.05, 0) is 55.3 Å². The van der Waals surface area contributed by atoms with Crippen molar-refractivity contribution in [2.45, 2.75) is 19.4 Å². The van der Waals surface area contributed by atoms with E-state index in [-0.39, 0.29) is 29.4 Å². The zero-order chi connectivity index (χ0) is 22.5. The molecule has 31 heavy (non-hydrogen) atoms. The van der Waals surface area contributed by atoms with Gasteiger partial charge in [0.15, 0.2) is 11.5 Å². The van der Waals surface area contributed by atoms with Crippen molar-refractivity contribution >= 4 is 29.1 Å². The van der Waals surface area contributed by atoms with Crippen LogP contribution in [0.25, 0.3) is 5.76 Å². The van der Waals surface area contributed by atoms with Crippen molar-refractivity contribution in [3.8, 4) is 11.5 Å². The van der Waals surface area contributed by atoms with Crippen LogP contribution in [0.4, 0.5) is 0 Å². The van der Waals surface area contributed by atoms with E-state index in [1.54, 1.807) is 50.4 Å². The lowest BCUT2D eigenvalue weighted by Crippen LogP contribution is -2.31. The lowest BCUT2D eigenvalue weighted by Gasteiger charge is -2.25. The first kappa shape index (κ1) is 22.7. The van der Waals surface area contributed by atoms with E-state index in [0.717, 1.165) is 0 Å². The molecule has 1 saturated heterocycles. The Morgan fingerprint density at radius 1 is 1.16 bits per heavy atom. The number of Topliss-reactive ketones (excluding diaryl/α,β-unsaturated/α-hetero) is 1. The second kappa shape index (κ2) is 9.85. The van der Waals surface area contributed by atoms with Crippen LogP contribution in [0.2, 0.25) is 5.02 Å². The first-order chi connectivity index (χ1) is 14.9. The number of halogens is 1. The third-order valence-corrected chi connectivity index (χ3v) is 5.26. The van der Waals surface area contributed by atoms with Crippen molar-refractivity contribution in [2.75, 3.05) is 26.9 Å². The molecule has 2 aromatic carbocycles. The van der Waals surface area contributed by atoms with Crippen LogP contribution in [0, 0.1) is 0 Å². The molecule has 1 heterocycles. The predicted molar refractivity (Wildman–Crippen MR) is 116 cm³/mol. The molecule has 1 fully saturated rings. The third-order valence-electron chi connectivity index (χ3n) is 5.00. The third kappa shape index (κ3) is 4.68. The Bertz CT molecular complexity index is 1000. The summed E-state index contributed by atoms with van der Waals surface area (Å²) in [6.45, 7) is 2.78. The van der Waals surface area contributed by atoms with Gasteiger partial charge in [-0.15, -0.1) is 0 Å². The minimum atomic E-state index is -0.840. The number of likely N-dealkylation sites (tertiary alicyclic amines) is 1. The van der Waals surface area contributed by atoms with Crippen molar-refractivity contribution in [1.82, 2.24) is 4.90 Å². The number of aliphatic hydroxyl groups excluding tert-OH is 1. The molecule has 0 aromatic heterocycles. The molecular formula is C23H24ClNO6. The van der Waals surface area contributed by atoms with Crippen LogP contribution >= 0.6 is 11.6 Å². The number of benzene rings is 2. The van der Waals surface area contributed by atoms with Crippen LogP contribution in [0.5, 0.6) is 11.5 Å². The topological polar surface area (TPSA) is 96.3 Å². The highest BCUT2D eigenvalue weighted by Crippen LogP contribution is 2.41. The standard InChI is InChI=1S/C23H24ClNO6/c1-3-31-18-13-15(7-10-17(18)26)20-19(21(27)14-5-8-16(24)9-6-14)22(28)23(29)25(20)11-4-12-30-2/h5-10,13,20,26-27H,3-4,11-12H2,1-2H3/b21-19+/t20-/m0/s1. The van der Waals surface area contributed by atoms with E-state index in [1.165, 1.54) is 11.0 Å². The summed E-state index contributed by atoms with van der Waals surface area (Å²) in [7, 11) is 1.56. The van der Waals surface area contributed by atoms with Crippen LogP contribution < -0.4 is 4.74 Å². The minimum absolute atomic E-state index is 0.0297. The number of nitrogens with zero attached hydrogens (tertiary/aromatic N) is 1. The summed E-state index contributed by atoms with van der Waals surface area (Å²) in [5, 5.41) is 21.5. The molecule has 0 spiro atoms. The summed E-state index contributed by atoms with van der Waals surface area (Å²) in [6.07, 6.45) is 0.511. The highest BCUT2D eigenvalue weighted by Gasteiger charge is 2.46. The number of hydrogen-bond donors (Lipinski definition) is 2. The molecule has 8 heteroatoms. The van der Waals surface area contributed by atoms with Crippen LogP contribution in [0.3, 0.4) is 0 Å². The Balaban J connectivity index is 2.14. The highest BCUT2D eigenvalue weighted by molar-refractivity contribution is 6.46. The van der Waals surface area contributed by atoms with Crippen molar-refractivity contribution in [1.29, 1.82) is 0 Å². The van der Waals surface area contributed by atoms with E-state index in [4.69, 9.17) is 21.1 Å². The van der Waals surface area contributed by atoms with Crippen molar-refractivity contribution in [3.63, 3.8) is 0 Å². The SMILES string of the molecule is CCOc1cc([C@H]2/C(=C(\O)c3ccc(Cl)cc3)C(=O)C(=O)N2CCCOC)ccc1O. The normalized spacial score (nSPS) is 17.9. The van der Waals surface area contributed by atoms with Gasteiger partial charge in [0, 0.05) is 30.8 Å². The summed E-state index contributed by atoms with van der Waals surface area (Å²) in [6, 6.07) is 10.1. The number of carbonyl (C=O) groups is 2. The molecule has 2 N–H and O–H groups in total. The van der Waals surface area contributed by atoms with Gasteiger partial charge in [0.05, 0.1) is 18.2 Å². The number of carbonyl (C=O) groups excluding carboxylic acids is 2. The lowest BCUT2D eigenvalue weighted by atomic mass is 9.95. The fourth-order valence-corrected chi connectivity index (χ4v) is 3.70. The Hall–Kier alpha value is -3.03. The smallest absolute Gasteiger partial charge is 0.295 e. The van der Waals surface area contributed by atoms with Crippen LogP contribution in [0.1, 0.15) is 30.5 Å². The summed E-state index contributed by atoms with van der Waals surface area (Å²) in [5.41, 5.74) is 0.874. The van der Waals surface area contributed by atoms with Gasteiger partial charge in [-0.2, -0.15) is 0 Å². The second-order valence-electron chi connectivity index (χ2n) is 7.01. The Labute approximate surface area is 185 Å². The number of ketones is 1. The number of aliphatic hydroxyl groups is 1. The van der Waals surface area contributed by atoms with Gasteiger partial charge < -0.3 is 24.6 Å². The van der Waals surface area contributed by atoms with Gasteiger partial charge in [-0.25, -0.2) is 0 Å². The fourth-order valence-electron chi connectivity index (χ4n) is 3.57. The molecule has 1 aliphatic rings. The monoisotopic (exact) mass is 445 g/mol. The zero-order valence-electron chi connectivity index (χ0n) is 17.3. The first-order valence-corrected chi connectivity index (χ1v) is 10.3. The van der Waals surface area contributed by atoms with Crippen molar-refractivity contribution < 1.29 is 29.3 Å². The molecule has 0 aliphatic carbocycles. The van der Waals surface area contributed by atoms with Gasteiger partial charge in [0.25, 0.3) is 11.7 Å². The number of phenolic OH excluding ortho intramolecular Hbond substituents is 1. The number of ether oxygens (including phenoxy) is 2. The first-order valence-electron chi connectivity index (χ1n) is 9.88. The molecule has 164 valence electrons. The molecule has 0 unspecified atom stereocenters. The van der Waals surface area contributed by atoms with Crippen molar-refractivity contribution in [3.05, 3.63) is 64.2 Å². The minimum Gasteiger partial charge on any atom is -0.507 e. The van der Waals surface area contributed by atoms with Crippen LogP contribution in [-0.4, -0.2) is 53.7 Å². The van der Waals surface area contributed by atoms with E-state index in [0.29, 0.717) is 35.8 Å². The van der Waals surface area contributed by atoms with Gasteiger partial charge in [-0.3, -0.25) is 9.59 Å². The Kier molecular flexibility index (Phi) is 7.20. The average molecular weight is 446 g/mol. The largest absolute Gasteiger partial charge is 0.507 e. The summed E-state index contributed by atoms with van der Waals surface area (Å²) < 4.78 is 10.5. The number of phenols is 1. The second-order valence-corrected chi connectivity index (χ2v) is 7.44. The van der Waals surface area contributed by atoms with Gasteiger partial charge in [0.1, 0.15) is 5.76 Å². The van der Waals surface area contributed by atoms with Crippen LogP contribution in [0.15, 0.2) is 48.0 Å². The number of hydrogen-bond acceptors (Lipinski definition) is 6. The maximum absolute atomic E-state index is 12.9. The number of methoxy groups -OCH3 is 1. The quantitative estimate of drug-likeness (QED) is 0.277. The lowest BCUT2D eigenvalue weighted by molar-refractivity contribution is -0.140.